The lowest BCUT2D eigenvalue weighted by molar-refractivity contribution is 0.267. The van der Waals surface area contributed by atoms with Gasteiger partial charge in [-0.25, -0.2) is 18.1 Å². The predicted octanol–water partition coefficient (Wildman–Crippen LogP) is -0.901. The standard InChI is InChI=1S/C11H18N6O3S/c1-8-11(9(2)17(14-8)4-5-18)21(19,20)13-6-10-12-7-16(3)15-10/h7,13,18H,4-6H2,1-3H3. The number of aryl methyl sites for hydroxylation is 2. The van der Waals surface area contributed by atoms with Crippen LogP contribution in [0.4, 0.5) is 0 Å². The minimum absolute atomic E-state index is 0.00718. The van der Waals surface area contributed by atoms with Crippen molar-refractivity contribution in [3.05, 3.63) is 23.5 Å². The second-order valence-corrected chi connectivity index (χ2v) is 6.31. The van der Waals surface area contributed by atoms with E-state index >= 15 is 0 Å². The van der Waals surface area contributed by atoms with Gasteiger partial charge in [0.05, 0.1) is 31.1 Å². The number of nitrogens with zero attached hydrogens (tertiary/aromatic N) is 5. The van der Waals surface area contributed by atoms with Crippen molar-refractivity contribution in [1.82, 2.24) is 29.3 Å². The topological polar surface area (TPSA) is 115 Å². The molecule has 0 radical (unpaired) electrons. The molecule has 2 heterocycles. The summed E-state index contributed by atoms with van der Waals surface area (Å²) in [6.07, 6.45) is 1.50. The first-order valence-electron chi connectivity index (χ1n) is 6.34. The summed E-state index contributed by atoms with van der Waals surface area (Å²) in [6, 6.07) is 0. The SMILES string of the molecule is Cc1nn(CCO)c(C)c1S(=O)(=O)NCc1ncn(C)n1. The average Bonchev–Trinajstić information content (AvgIpc) is 2.93. The maximum Gasteiger partial charge on any atom is 0.244 e. The summed E-state index contributed by atoms with van der Waals surface area (Å²) in [5.74, 6) is 0.388. The first-order valence-corrected chi connectivity index (χ1v) is 7.82. The Bertz CT molecular complexity index is 733. The Balaban J connectivity index is 2.23. The van der Waals surface area contributed by atoms with Gasteiger partial charge in [-0.2, -0.15) is 10.2 Å². The van der Waals surface area contributed by atoms with Gasteiger partial charge in [-0.3, -0.25) is 9.36 Å². The van der Waals surface area contributed by atoms with Gasteiger partial charge < -0.3 is 5.11 Å². The molecule has 0 fully saturated rings. The lowest BCUT2D eigenvalue weighted by Crippen LogP contribution is -2.25. The fraction of sp³-hybridized carbons (Fsp3) is 0.545. The van der Waals surface area contributed by atoms with E-state index in [1.165, 1.54) is 15.7 Å². The van der Waals surface area contributed by atoms with Crippen molar-refractivity contribution in [3.63, 3.8) is 0 Å². The number of rotatable bonds is 6. The predicted molar refractivity (Wildman–Crippen MR) is 73.8 cm³/mol. The average molecular weight is 314 g/mol. The van der Waals surface area contributed by atoms with E-state index in [-0.39, 0.29) is 24.6 Å². The smallest absolute Gasteiger partial charge is 0.244 e. The van der Waals surface area contributed by atoms with Crippen molar-refractivity contribution < 1.29 is 13.5 Å². The molecule has 0 aliphatic heterocycles. The summed E-state index contributed by atoms with van der Waals surface area (Å²) in [6.45, 7) is 3.43. The summed E-state index contributed by atoms with van der Waals surface area (Å²) in [5.41, 5.74) is 0.880. The van der Waals surface area contributed by atoms with E-state index in [4.69, 9.17) is 5.11 Å². The number of hydrogen-bond donors (Lipinski definition) is 2. The summed E-state index contributed by atoms with van der Waals surface area (Å²) in [7, 11) is -2.01. The van der Waals surface area contributed by atoms with E-state index in [0.29, 0.717) is 17.2 Å². The van der Waals surface area contributed by atoms with Gasteiger partial charge in [0.1, 0.15) is 11.2 Å². The molecule has 9 nitrogen and oxygen atoms in total. The third-order valence-corrected chi connectivity index (χ3v) is 4.62. The van der Waals surface area contributed by atoms with Gasteiger partial charge in [0.25, 0.3) is 0 Å². The molecule has 0 saturated carbocycles. The molecule has 2 rings (SSSR count). The minimum Gasteiger partial charge on any atom is -0.394 e. The highest BCUT2D eigenvalue weighted by atomic mass is 32.2. The molecular weight excluding hydrogens is 296 g/mol. The van der Waals surface area contributed by atoms with Gasteiger partial charge in [-0.05, 0) is 13.8 Å². The van der Waals surface area contributed by atoms with E-state index in [1.54, 1.807) is 20.9 Å². The van der Waals surface area contributed by atoms with Crippen LogP contribution in [0.5, 0.6) is 0 Å². The lowest BCUT2D eigenvalue weighted by atomic mass is 10.4. The zero-order chi connectivity index (χ0) is 15.6. The summed E-state index contributed by atoms with van der Waals surface area (Å²) in [5, 5.41) is 17.1. The minimum atomic E-state index is -3.71. The number of hydrogen-bond acceptors (Lipinski definition) is 6. The van der Waals surface area contributed by atoms with Gasteiger partial charge in [-0.15, -0.1) is 0 Å². The quantitative estimate of drug-likeness (QED) is 0.714. The summed E-state index contributed by atoms with van der Waals surface area (Å²) >= 11 is 0. The summed E-state index contributed by atoms with van der Waals surface area (Å²) < 4.78 is 30.2. The molecule has 2 aromatic rings. The number of sulfonamides is 1. The van der Waals surface area contributed by atoms with Gasteiger partial charge in [0.2, 0.25) is 10.0 Å². The van der Waals surface area contributed by atoms with Crippen LogP contribution in [0.25, 0.3) is 0 Å². The van der Waals surface area contributed by atoms with Crippen LogP contribution in [0.2, 0.25) is 0 Å². The van der Waals surface area contributed by atoms with Gasteiger partial charge in [-0.1, -0.05) is 0 Å². The van der Waals surface area contributed by atoms with Crippen molar-refractivity contribution >= 4 is 10.0 Å². The first-order chi connectivity index (χ1) is 9.85. The monoisotopic (exact) mass is 314 g/mol. The highest BCUT2D eigenvalue weighted by Gasteiger charge is 2.24. The van der Waals surface area contributed by atoms with E-state index in [0.717, 1.165) is 0 Å². The maximum absolute atomic E-state index is 12.4. The van der Waals surface area contributed by atoms with E-state index < -0.39 is 10.0 Å². The molecule has 10 heteroatoms. The van der Waals surface area contributed by atoms with Crippen molar-refractivity contribution in [2.75, 3.05) is 6.61 Å². The Morgan fingerprint density at radius 1 is 1.33 bits per heavy atom. The van der Waals surface area contributed by atoms with Crippen LogP contribution < -0.4 is 4.72 Å². The van der Waals surface area contributed by atoms with Crippen LogP contribution in [0.15, 0.2) is 11.2 Å². The second-order valence-electron chi connectivity index (χ2n) is 4.61. The number of aliphatic hydroxyl groups is 1. The van der Waals surface area contributed by atoms with Crippen LogP contribution in [0, 0.1) is 13.8 Å². The molecule has 0 bridgehead atoms. The third-order valence-electron chi connectivity index (χ3n) is 2.96. The highest BCUT2D eigenvalue weighted by molar-refractivity contribution is 7.89. The fourth-order valence-corrected chi connectivity index (χ4v) is 3.47. The van der Waals surface area contributed by atoms with Crippen molar-refractivity contribution in [1.29, 1.82) is 0 Å². The van der Waals surface area contributed by atoms with Crippen LogP contribution in [-0.4, -0.2) is 44.7 Å². The molecule has 0 spiro atoms. The molecule has 0 unspecified atom stereocenters. The number of aliphatic hydroxyl groups excluding tert-OH is 1. The van der Waals surface area contributed by atoms with E-state index in [9.17, 15) is 8.42 Å². The molecule has 0 amide bonds. The largest absolute Gasteiger partial charge is 0.394 e. The van der Waals surface area contributed by atoms with Crippen molar-refractivity contribution in [2.45, 2.75) is 31.8 Å². The number of nitrogens with one attached hydrogen (secondary N) is 1. The normalized spacial score (nSPS) is 12.0. The van der Waals surface area contributed by atoms with Gasteiger partial charge >= 0.3 is 0 Å². The Morgan fingerprint density at radius 2 is 2.05 bits per heavy atom. The first kappa shape index (κ1) is 15.6. The molecule has 0 aliphatic carbocycles. The molecule has 2 aromatic heterocycles. The maximum atomic E-state index is 12.4. The lowest BCUT2D eigenvalue weighted by Gasteiger charge is -2.06. The zero-order valence-electron chi connectivity index (χ0n) is 12.1. The molecule has 0 aromatic carbocycles. The molecule has 0 saturated heterocycles. The summed E-state index contributed by atoms with van der Waals surface area (Å²) in [4.78, 5) is 4.09. The molecule has 0 atom stereocenters. The molecular formula is C11H18N6O3S. The van der Waals surface area contributed by atoms with Crippen LogP contribution in [-0.2, 0) is 30.2 Å². The molecule has 21 heavy (non-hydrogen) atoms. The Labute approximate surface area is 122 Å². The third kappa shape index (κ3) is 3.28. The molecule has 2 N–H and O–H groups in total. The second kappa shape index (κ2) is 5.92. The van der Waals surface area contributed by atoms with Gasteiger partial charge in [0.15, 0.2) is 5.82 Å². The van der Waals surface area contributed by atoms with E-state index in [2.05, 4.69) is 19.9 Å². The fourth-order valence-electron chi connectivity index (χ4n) is 2.08. The molecule has 0 aliphatic rings. The molecule has 116 valence electrons. The zero-order valence-corrected chi connectivity index (χ0v) is 12.9. The van der Waals surface area contributed by atoms with Crippen LogP contribution >= 0.6 is 0 Å². The van der Waals surface area contributed by atoms with Crippen molar-refractivity contribution in [3.8, 4) is 0 Å². The highest BCUT2D eigenvalue weighted by Crippen LogP contribution is 2.19. The Morgan fingerprint density at radius 3 is 2.62 bits per heavy atom. The van der Waals surface area contributed by atoms with Crippen molar-refractivity contribution in [2.24, 2.45) is 7.05 Å². The van der Waals surface area contributed by atoms with Crippen LogP contribution in [0.3, 0.4) is 0 Å². The Kier molecular flexibility index (Phi) is 4.40. The van der Waals surface area contributed by atoms with Gasteiger partial charge in [0, 0.05) is 7.05 Å². The Hall–Kier alpha value is -1.78. The number of aromatic nitrogens is 5. The van der Waals surface area contributed by atoms with E-state index in [1.807, 2.05) is 0 Å². The van der Waals surface area contributed by atoms with Crippen LogP contribution in [0.1, 0.15) is 17.2 Å².